The van der Waals surface area contributed by atoms with E-state index in [4.69, 9.17) is 11.6 Å². The van der Waals surface area contributed by atoms with Gasteiger partial charge in [0.05, 0.1) is 16.3 Å². The van der Waals surface area contributed by atoms with Crippen LogP contribution in [0.4, 0.5) is 11.5 Å². The van der Waals surface area contributed by atoms with Gasteiger partial charge in [0, 0.05) is 17.7 Å². The third-order valence-electron chi connectivity index (χ3n) is 2.80. The molecule has 0 aliphatic rings. The Hall–Kier alpha value is -1.59. The van der Waals surface area contributed by atoms with Gasteiger partial charge in [-0.25, -0.2) is 4.98 Å². The molecule has 1 aromatic carbocycles. The van der Waals surface area contributed by atoms with Crippen LogP contribution in [0, 0.1) is 6.92 Å². The molecule has 6 heteroatoms. The molecule has 1 heterocycles. The number of halogens is 2. The average Bonchev–Trinajstić information content (AvgIpc) is 2.44. The lowest BCUT2D eigenvalue weighted by atomic mass is 10.2. The number of hydrogen-bond acceptors (Lipinski definition) is 3. The lowest BCUT2D eigenvalue weighted by Gasteiger charge is -2.10. The first-order valence-corrected chi connectivity index (χ1v) is 7.09. The summed E-state index contributed by atoms with van der Waals surface area (Å²) in [6.45, 7) is 1.96. The van der Waals surface area contributed by atoms with Gasteiger partial charge < -0.3 is 10.6 Å². The van der Waals surface area contributed by atoms with E-state index in [2.05, 4.69) is 31.5 Å². The van der Waals surface area contributed by atoms with Crippen molar-refractivity contribution in [3.8, 4) is 0 Å². The summed E-state index contributed by atoms with van der Waals surface area (Å²) in [5, 5.41) is 6.02. The molecule has 0 saturated heterocycles. The third kappa shape index (κ3) is 3.11. The predicted octanol–water partition coefficient (Wildman–Crippen LogP) is 4.10. The Balaban J connectivity index is 2.30. The SMILES string of the molecule is CNc1cc(C(=O)Nc2cccc(C)c2Br)c(Cl)cn1. The lowest BCUT2D eigenvalue weighted by Crippen LogP contribution is -2.13. The molecule has 2 aromatic rings. The van der Waals surface area contributed by atoms with Crippen LogP contribution in [-0.4, -0.2) is 17.9 Å². The smallest absolute Gasteiger partial charge is 0.257 e. The molecule has 0 fully saturated rings. The first-order valence-electron chi connectivity index (χ1n) is 5.92. The lowest BCUT2D eigenvalue weighted by molar-refractivity contribution is 0.102. The number of rotatable bonds is 3. The quantitative estimate of drug-likeness (QED) is 0.872. The summed E-state index contributed by atoms with van der Waals surface area (Å²) in [6.07, 6.45) is 1.45. The summed E-state index contributed by atoms with van der Waals surface area (Å²) in [4.78, 5) is 16.3. The van der Waals surface area contributed by atoms with E-state index < -0.39 is 0 Å². The van der Waals surface area contributed by atoms with Crippen LogP contribution in [0.1, 0.15) is 15.9 Å². The van der Waals surface area contributed by atoms with Crippen LogP contribution in [0.2, 0.25) is 5.02 Å². The van der Waals surface area contributed by atoms with E-state index in [1.807, 2.05) is 25.1 Å². The van der Waals surface area contributed by atoms with Crippen molar-refractivity contribution in [1.29, 1.82) is 0 Å². The van der Waals surface area contributed by atoms with Crippen molar-refractivity contribution in [2.75, 3.05) is 17.7 Å². The summed E-state index contributed by atoms with van der Waals surface area (Å²) in [7, 11) is 1.73. The van der Waals surface area contributed by atoms with Gasteiger partial charge in [-0.3, -0.25) is 4.79 Å². The summed E-state index contributed by atoms with van der Waals surface area (Å²) in [5.41, 5.74) is 2.12. The van der Waals surface area contributed by atoms with Crippen molar-refractivity contribution in [3.63, 3.8) is 0 Å². The van der Waals surface area contributed by atoms with E-state index in [0.29, 0.717) is 22.1 Å². The molecule has 0 radical (unpaired) electrons. The standard InChI is InChI=1S/C14H13BrClN3O/c1-8-4-3-5-11(13(8)15)19-14(20)9-6-12(17-2)18-7-10(9)16/h3-7H,1-2H3,(H,17,18)(H,19,20). The third-order valence-corrected chi connectivity index (χ3v) is 4.15. The fourth-order valence-electron chi connectivity index (χ4n) is 1.68. The molecule has 2 N–H and O–H groups in total. The summed E-state index contributed by atoms with van der Waals surface area (Å²) >= 11 is 9.48. The van der Waals surface area contributed by atoms with Gasteiger partial charge in [-0.05, 0) is 40.5 Å². The molecule has 0 unspecified atom stereocenters. The average molecular weight is 355 g/mol. The second-order valence-electron chi connectivity index (χ2n) is 4.19. The van der Waals surface area contributed by atoms with Gasteiger partial charge in [0.25, 0.3) is 5.91 Å². The number of carbonyl (C=O) groups is 1. The van der Waals surface area contributed by atoms with Gasteiger partial charge in [0.2, 0.25) is 0 Å². The molecular weight excluding hydrogens is 342 g/mol. The van der Waals surface area contributed by atoms with E-state index in [1.54, 1.807) is 13.1 Å². The van der Waals surface area contributed by atoms with E-state index in [0.717, 1.165) is 10.0 Å². The van der Waals surface area contributed by atoms with Crippen LogP contribution in [0.3, 0.4) is 0 Å². The molecule has 0 saturated carbocycles. The maximum absolute atomic E-state index is 12.3. The maximum Gasteiger partial charge on any atom is 0.257 e. The fraction of sp³-hybridized carbons (Fsp3) is 0.143. The molecule has 1 aromatic heterocycles. The summed E-state index contributed by atoms with van der Waals surface area (Å²) < 4.78 is 0.854. The minimum absolute atomic E-state index is 0.278. The molecule has 104 valence electrons. The van der Waals surface area contributed by atoms with Gasteiger partial charge in [-0.2, -0.15) is 0 Å². The summed E-state index contributed by atoms with van der Waals surface area (Å²) in [5.74, 6) is 0.308. The van der Waals surface area contributed by atoms with E-state index >= 15 is 0 Å². The highest BCUT2D eigenvalue weighted by molar-refractivity contribution is 9.10. The van der Waals surface area contributed by atoms with Crippen LogP contribution in [0.5, 0.6) is 0 Å². The van der Waals surface area contributed by atoms with E-state index in [1.165, 1.54) is 6.20 Å². The molecule has 1 amide bonds. The first-order chi connectivity index (χ1) is 9.52. The zero-order chi connectivity index (χ0) is 14.7. The molecule has 20 heavy (non-hydrogen) atoms. The number of pyridine rings is 1. The minimum atomic E-state index is -0.278. The minimum Gasteiger partial charge on any atom is -0.373 e. The van der Waals surface area contributed by atoms with Crippen molar-refractivity contribution in [2.24, 2.45) is 0 Å². The second kappa shape index (κ2) is 6.24. The van der Waals surface area contributed by atoms with Crippen molar-refractivity contribution >= 4 is 44.9 Å². The molecule has 2 rings (SSSR count). The number of nitrogens with zero attached hydrogens (tertiary/aromatic N) is 1. The van der Waals surface area contributed by atoms with E-state index in [-0.39, 0.29) is 5.91 Å². The molecule has 0 spiro atoms. The molecule has 4 nitrogen and oxygen atoms in total. The van der Waals surface area contributed by atoms with Crippen LogP contribution in [0.15, 0.2) is 34.9 Å². The van der Waals surface area contributed by atoms with Gasteiger partial charge in [-0.15, -0.1) is 0 Å². The Morgan fingerprint density at radius 1 is 1.40 bits per heavy atom. The number of anilines is 2. The maximum atomic E-state index is 12.3. The monoisotopic (exact) mass is 353 g/mol. The molecule has 0 aliphatic heterocycles. The number of nitrogens with one attached hydrogen (secondary N) is 2. The van der Waals surface area contributed by atoms with Gasteiger partial charge in [-0.1, -0.05) is 23.7 Å². The fourth-order valence-corrected chi connectivity index (χ4v) is 2.24. The normalized spacial score (nSPS) is 10.2. The van der Waals surface area contributed by atoms with Crippen molar-refractivity contribution in [1.82, 2.24) is 4.98 Å². The topological polar surface area (TPSA) is 54.0 Å². The number of amides is 1. The predicted molar refractivity (Wildman–Crippen MR) is 85.6 cm³/mol. The molecule has 0 bridgehead atoms. The van der Waals surface area contributed by atoms with Crippen molar-refractivity contribution < 1.29 is 4.79 Å². The zero-order valence-corrected chi connectivity index (χ0v) is 13.3. The molecular formula is C14H13BrClN3O. The van der Waals surface area contributed by atoms with Crippen LogP contribution >= 0.6 is 27.5 Å². The van der Waals surface area contributed by atoms with Crippen LogP contribution in [0.25, 0.3) is 0 Å². The Kier molecular flexibility index (Phi) is 4.62. The summed E-state index contributed by atoms with van der Waals surface area (Å²) in [6, 6.07) is 7.27. The number of aryl methyl sites for hydroxylation is 1. The Labute approximate surface area is 130 Å². The first kappa shape index (κ1) is 14.8. The largest absolute Gasteiger partial charge is 0.373 e. The van der Waals surface area contributed by atoms with Crippen LogP contribution < -0.4 is 10.6 Å². The highest BCUT2D eigenvalue weighted by Crippen LogP contribution is 2.27. The number of aromatic nitrogens is 1. The van der Waals surface area contributed by atoms with Crippen LogP contribution in [-0.2, 0) is 0 Å². The van der Waals surface area contributed by atoms with Gasteiger partial charge in [0.1, 0.15) is 5.82 Å². The number of hydrogen-bond donors (Lipinski definition) is 2. The van der Waals surface area contributed by atoms with Crippen molar-refractivity contribution in [3.05, 3.63) is 51.1 Å². The Morgan fingerprint density at radius 2 is 2.15 bits per heavy atom. The zero-order valence-electron chi connectivity index (χ0n) is 11.0. The number of benzene rings is 1. The Morgan fingerprint density at radius 3 is 2.85 bits per heavy atom. The molecule has 0 aliphatic carbocycles. The van der Waals surface area contributed by atoms with Gasteiger partial charge >= 0.3 is 0 Å². The number of carbonyl (C=O) groups excluding carboxylic acids is 1. The van der Waals surface area contributed by atoms with Gasteiger partial charge in [0.15, 0.2) is 0 Å². The van der Waals surface area contributed by atoms with Crippen molar-refractivity contribution in [2.45, 2.75) is 6.92 Å². The highest BCUT2D eigenvalue weighted by Gasteiger charge is 2.13. The highest BCUT2D eigenvalue weighted by atomic mass is 79.9. The molecule has 0 atom stereocenters. The second-order valence-corrected chi connectivity index (χ2v) is 5.39. The Bertz CT molecular complexity index is 661. The van der Waals surface area contributed by atoms with E-state index in [9.17, 15) is 4.79 Å².